The average Bonchev–Trinajstić information content (AvgIpc) is 3.16. The number of nitrogens with zero attached hydrogens (tertiary/aromatic N) is 5. The molecule has 2 aliphatic rings. The van der Waals surface area contributed by atoms with E-state index in [1.807, 2.05) is 24.3 Å². The van der Waals surface area contributed by atoms with Gasteiger partial charge in [0.1, 0.15) is 5.75 Å². The van der Waals surface area contributed by atoms with Crippen molar-refractivity contribution in [1.29, 1.82) is 0 Å². The minimum atomic E-state index is -3.02. The van der Waals surface area contributed by atoms with Crippen LogP contribution in [0.2, 0.25) is 0 Å². The summed E-state index contributed by atoms with van der Waals surface area (Å²) in [5.41, 5.74) is 2.56. The Kier molecular flexibility index (Phi) is 4.54. The maximum atomic E-state index is 11.9. The molecule has 4 heterocycles. The molecular formula is C19H21N5O3S2. The van der Waals surface area contributed by atoms with E-state index in [9.17, 15) is 8.42 Å². The molecule has 0 aliphatic carbocycles. The summed E-state index contributed by atoms with van der Waals surface area (Å²) >= 11 is 1.68. The predicted molar refractivity (Wildman–Crippen MR) is 114 cm³/mol. The number of anilines is 2. The monoisotopic (exact) mass is 431 g/mol. The predicted octanol–water partition coefficient (Wildman–Crippen LogP) is 1.89. The van der Waals surface area contributed by atoms with E-state index >= 15 is 0 Å². The Morgan fingerprint density at radius 2 is 1.86 bits per heavy atom. The average molecular weight is 432 g/mol. The molecule has 2 aromatic heterocycles. The van der Waals surface area contributed by atoms with Gasteiger partial charge < -0.3 is 14.5 Å². The van der Waals surface area contributed by atoms with Crippen LogP contribution < -0.4 is 14.5 Å². The van der Waals surface area contributed by atoms with Crippen molar-refractivity contribution in [1.82, 2.24) is 15.2 Å². The first-order valence-corrected chi connectivity index (χ1v) is 12.1. The van der Waals surface area contributed by atoms with Gasteiger partial charge in [0.05, 0.1) is 34.5 Å². The van der Waals surface area contributed by atoms with E-state index in [1.54, 1.807) is 18.4 Å². The molecule has 29 heavy (non-hydrogen) atoms. The van der Waals surface area contributed by atoms with Crippen LogP contribution in [0.5, 0.6) is 5.75 Å². The van der Waals surface area contributed by atoms with E-state index in [-0.39, 0.29) is 11.5 Å². The zero-order valence-electron chi connectivity index (χ0n) is 16.0. The van der Waals surface area contributed by atoms with Crippen molar-refractivity contribution < 1.29 is 13.2 Å². The van der Waals surface area contributed by atoms with Crippen molar-refractivity contribution in [2.45, 2.75) is 12.2 Å². The Labute approximate surface area is 173 Å². The number of sulfone groups is 1. The quantitative estimate of drug-likeness (QED) is 0.621. The van der Waals surface area contributed by atoms with Crippen LogP contribution in [-0.4, -0.2) is 62.6 Å². The van der Waals surface area contributed by atoms with Crippen molar-refractivity contribution >= 4 is 42.3 Å². The number of ether oxygens (including phenoxy) is 1. The number of benzene rings is 1. The van der Waals surface area contributed by atoms with Crippen LogP contribution in [-0.2, 0) is 22.0 Å². The molecule has 1 aromatic carbocycles. The highest BCUT2D eigenvalue weighted by atomic mass is 32.2. The highest BCUT2D eigenvalue weighted by molar-refractivity contribution is 7.90. The Morgan fingerprint density at radius 3 is 2.66 bits per heavy atom. The van der Waals surface area contributed by atoms with Gasteiger partial charge in [0.2, 0.25) is 0 Å². The maximum Gasteiger partial charge on any atom is 0.186 e. The third-order valence-electron chi connectivity index (χ3n) is 5.43. The summed E-state index contributed by atoms with van der Waals surface area (Å²) in [5, 5.41) is 9.65. The van der Waals surface area contributed by atoms with E-state index in [0.29, 0.717) is 6.42 Å². The summed E-state index contributed by atoms with van der Waals surface area (Å²) in [6.45, 7) is 3.24. The lowest BCUT2D eigenvalue weighted by Crippen LogP contribution is -2.47. The first-order valence-electron chi connectivity index (χ1n) is 9.51. The van der Waals surface area contributed by atoms with Gasteiger partial charge in [-0.1, -0.05) is 11.3 Å². The maximum absolute atomic E-state index is 11.9. The Bertz CT molecular complexity index is 1170. The topological polar surface area (TPSA) is 88.5 Å². The molecule has 3 aromatic rings. The number of rotatable bonds is 3. The number of hydrogen-bond acceptors (Lipinski definition) is 9. The van der Waals surface area contributed by atoms with Crippen LogP contribution in [0, 0.1) is 0 Å². The molecule has 10 heteroatoms. The van der Waals surface area contributed by atoms with Gasteiger partial charge in [-0.2, -0.15) is 5.10 Å². The molecule has 0 atom stereocenters. The first kappa shape index (κ1) is 18.6. The van der Waals surface area contributed by atoms with E-state index in [4.69, 9.17) is 9.72 Å². The molecule has 1 fully saturated rings. The molecule has 0 spiro atoms. The zero-order valence-corrected chi connectivity index (χ0v) is 17.7. The normalized spacial score (nSPS) is 18.7. The molecule has 0 saturated carbocycles. The number of thiazole rings is 1. The van der Waals surface area contributed by atoms with Crippen molar-refractivity contribution in [3.8, 4) is 5.75 Å². The molecular weight excluding hydrogens is 410 g/mol. The van der Waals surface area contributed by atoms with Gasteiger partial charge in [-0.15, -0.1) is 5.10 Å². The van der Waals surface area contributed by atoms with Gasteiger partial charge >= 0.3 is 0 Å². The molecule has 8 nitrogen and oxygen atoms in total. The van der Waals surface area contributed by atoms with Gasteiger partial charge in [-0.25, -0.2) is 13.4 Å². The summed E-state index contributed by atoms with van der Waals surface area (Å²) in [7, 11) is -1.36. The lowest BCUT2D eigenvalue weighted by atomic mass is 10.2. The second-order valence-corrected chi connectivity index (χ2v) is 10.5. The second kappa shape index (κ2) is 7.10. The van der Waals surface area contributed by atoms with E-state index in [0.717, 1.165) is 64.4 Å². The summed E-state index contributed by atoms with van der Waals surface area (Å²) in [6, 6.07) is 7.86. The third-order valence-corrected chi connectivity index (χ3v) is 8.10. The molecule has 0 bridgehead atoms. The number of piperazine rings is 1. The number of fused-ring (bicyclic) bond motifs is 2. The third kappa shape index (κ3) is 3.62. The fourth-order valence-corrected chi connectivity index (χ4v) is 6.15. The van der Waals surface area contributed by atoms with Crippen LogP contribution in [0.3, 0.4) is 0 Å². The largest absolute Gasteiger partial charge is 0.497 e. The number of hydrogen-bond donors (Lipinski definition) is 0. The number of aryl methyl sites for hydroxylation is 1. The summed E-state index contributed by atoms with van der Waals surface area (Å²) in [4.78, 5) is 9.22. The van der Waals surface area contributed by atoms with E-state index in [2.05, 4.69) is 20.0 Å². The van der Waals surface area contributed by atoms with Crippen LogP contribution in [0.15, 0.2) is 24.3 Å². The fraction of sp³-hybridized carbons (Fsp3) is 0.421. The molecule has 2 aliphatic heterocycles. The lowest BCUT2D eigenvalue weighted by Gasteiger charge is -2.35. The van der Waals surface area contributed by atoms with Gasteiger partial charge in [0.15, 0.2) is 20.8 Å². The van der Waals surface area contributed by atoms with Gasteiger partial charge in [-0.05, 0) is 23.8 Å². The first-order chi connectivity index (χ1) is 14.0. The second-order valence-electron chi connectivity index (χ2n) is 7.32. The van der Waals surface area contributed by atoms with Crippen LogP contribution in [0.1, 0.15) is 11.3 Å². The zero-order chi connectivity index (χ0) is 20.0. The highest BCUT2D eigenvalue weighted by Gasteiger charge is 2.26. The Balaban J connectivity index is 1.31. The SMILES string of the molecule is COc1ccc2sc(N3CCN(c4cc5c(nn4)CCS(=O)(=O)C5)CC3)nc2c1. The van der Waals surface area contributed by atoms with Gasteiger partial charge in [0.25, 0.3) is 0 Å². The van der Waals surface area contributed by atoms with Crippen molar-refractivity contribution in [3.63, 3.8) is 0 Å². The molecule has 1 saturated heterocycles. The highest BCUT2D eigenvalue weighted by Crippen LogP contribution is 2.32. The molecule has 5 rings (SSSR count). The van der Waals surface area contributed by atoms with Crippen LogP contribution in [0.4, 0.5) is 10.9 Å². The van der Waals surface area contributed by atoms with Crippen molar-refractivity contribution in [2.75, 3.05) is 48.8 Å². The standard InChI is InChI=1S/C19H21N5O3S2/c1-27-14-2-3-17-16(11-14)20-19(28-17)24-7-5-23(6-8-24)18-10-13-12-29(25,26)9-4-15(13)21-22-18/h2-3,10-11H,4-9,12H2,1H3. The smallest absolute Gasteiger partial charge is 0.186 e. The van der Waals surface area contributed by atoms with Crippen molar-refractivity contribution in [3.05, 3.63) is 35.5 Å². The number of methoxy groups -OCH3 is 1. The van der Waals surface area contributed by atoms with Crippen LogP contribution >= 0.6 is 11.3 Å². The summed E-state index contributed by atoms with van der Waals surface area (Å²) in [5.74, 6) is 1.81. The van der Waals surface area contributed by atoms with Gasteiger partial charge in [0, 0.05) is 38.7 Å². The minimum Gasteiger partial charge on any atom is -0.497 e. The summed E-state index contributed by atoms with van der Waals surface area (Å²) in [6.07, 6.45) is 0.459. The minimum absolute atomic E-state index is 0.0694. The van der Waals surface area contributed by atoms with E-state index in [1.165, 1.54) is 0 Å². The van der Waals surface area contributed by atoms with Crippen LogP contribution in [0.25, 0.3) is 10.2 Å². The van der Waals surface area contributed by atoms with Gasteiger partial charge in [-0.3, -0.25) is 0 Å². The summed E-state index contributed by atoms with van der Waals surface area (Å²) < 4.78 is 30.3. The fourth-order valence-electron chi connectivity index (χ4n) is 3.78. The van der Waals surface area contributed by atoms with Crippen molar-refractivity contribution in [2.24, 2.45) is 0 Å². The Hall–Kier alpha value is -2.46. The lowest BCUT2D eigenvalue weighted by molar-refractivity contribution is 0.415. The molecule has 0 radical (unpaired) electrons. The Morgan fingerprint density at radius 1 is 1.07 bits per heavy atom. The molecule has 0 N–H and O–H groups in total. The molecule has 0 unspecified atom stereocenters. The van der Waals surface area contributed by atoms with E-state index < -0.39 is 9.84 Å². The number of aromatic nitrogens is 3. The molecule has 152 valence electrons. The molecule has 0 amide bonds.